The van der Waals surface area contributed by atoms with Crippen LogP contribution in [0.3, 0.4) is 0 Å². The van der Waals surface area contributed by atoms with E-state index in [-0.39, 0.29) is 11.4 Å². The molecule has 1 aromatic carbocycles. The number of carbonyl (C=O) groups is 1. The van der Waals surface area contributed by atoms with Crippen LogP contribution >= 0.6 is 0 Å². The summed E-state index contributed by atoms with van der Waals surface area (Å²) in [4.78, 5) is 24.6. The second kappa shape index (κ2) is 5.82. The monoisotopic (exact) mass is 337 g/mol. The van der Waals surface area contributed by atoms with E-state index in [9.17, 15) is 9.18 Å². The smallest absolute Gasteiger partial charge is 0.274 e. The van der Waals surface area contributed by atoms with Gasteiger partial charge in [0.05, 0.1) is 30.0 Å². The quantitative estimate of drug-likeness (QED) is 0.581. The number of hydrogen-bond acceptors (Lipinski definition) is 5. The average Bonchev–Trinajstić information content (AvgIpc) is 3.01. The van der Waals surface area contributed by atoms with E-state index in [0.29, 0.717) is 11.5 Å². The van der Waals surface area contributed by atoms with E-state index in [1.54, 1.807) is 16.7 Å². The number of anilines is 1. The van der Waals surface area contributed by atoms with Gasteiger partial charge in [-0.2, -0.15) is 4.39 Å². The summed E-state index contributed by atoms with van der Waals surface area (Å²) in [7, 11) is 1.32. The number of halogens is 1. The van der Waals surface area contributed by atoms with Crippen LogP contribution in [0.1, 0.15) is 10.5 Å². The molecule has 1 N–H and O–H groups in total. The zero-order chi connectivity index (χ0) is 17.4. The number of methoxy groups -OCH3 is 1. The summed E-state index contributed by atoms with van der Waals surface area (Å²) in [6.45, 7) is 0. The number of hydrogen-bond donors (Lipinski definition) is 1. The summed E-state index contributed by atoms with van der Waals surface area (Å²) >= 11 is 0. The summed E-state index contributed by atoms with van der Waals surface area (Å²) in [6, 6.07) is 10.5. The Hall–Kier alpha value is -3.55. The minimum Gasteiger partial charge on any atom is -0.492 e. The molecule has 0 saturated heterocycles. The fourth-order valence-electron chi connectivity index (χ4n) is 2.51. The Bertz CT molecular complexity index is 1110. The lowest BCUT2D eigenvalue weighted by atomic mass is 10.3. The van der Waals surface area contributed by atoms with Gasteiger partial charge < -0.3 is 10.1 Å². The van der Waals surface area contributed by atoms with Crippen molar-refractivity contribution >= 4 is 28.4 Å². The number of ether oxygens (including phenoxy) is 1. The molecular formula is C17H12FN5O2. The van der Waals surface area contributed by atoms with Gasteiger partial charge in [-0.25, -0.2) is 15.0 Å². The summed E-state index contributed by atoms with van der Waals surface area (Å²) < 4.78 is 20.0. The second-order valence-electron chi connectivity index (χ2n) is 5.25. The van der Waals surface area contributed by atoms with Crippen molar-refractivity contribution in [2.75, 3.05) is 12.4 Å². The van der Waals surface area contributed by atoms with E-state index >= 15 is 0 Å². The lowest BCUT2D eigenvalue weighted by molar-refractivity contribution is 0.102. The van der Waals surface area contributed by atoms with Gasteiger partial charge in [-0.3, -0.25) is 9.20 Å². The van der Waals surface area contributed by atoms with Crippen LogP contribution in [0.25, 0.3) is 16.8 Å². The maximum atomic E-state index is 13.3. The van der Waals surface area contributed by atoms with Crippen molar-refractivity contribution in [3.8, 4) is 5.75 Å². The second-order valence-corrected chi connectivity index (χ2v) is 5.25. The molecule has 124 valence electrons. The van der Waals surface area contributed by atoms with Crippen LogP contribution < -0.4 is 10.1 Å². The SMILES string of the molecule is COc1cc(NC(=O)c2ccn3c(n2)nc2ccccc23)cnc1F. The van der Waals surface area contributed by atoms with Crippen LogP contribution in [0.5, 0.6) is 5.75 Å². The molecule has 0 fully saturated rings. The van der Waals surface area contributed by atoms with Gasteiger partial charge in [0.25, 0.3) is 11.9 Å². The molecule has 0 bridgehead atoms. The molecule has 25 heavy (non-hydrogen) atoms. The number of para-hydroxylation sites is 2. The van der Waals surface area contributed by atoms with E-state index in [1.165, 1.54) is 19.4 Å². The highest BCUT2D eigenvalue weighted by molar-refractivity contribution is 6.03. The van der Waals surface area contributed by atoms with E-state index < -0.39 is 11.9 Å². The molecule has 0 aliphatic carbocycles. The maximum Gasteiger partial charge on any atom is 0.274 e. The average molecular weight is 337 g/mol. The number of nitrogens with zero attached hydrogens (tertiary/aromatic N) is 4. The van der Waals surface area contributed by atoms with Crippen LogP contribution in [0.4, 0.5) is 10.1 Å². The first-order chi connectivity index (χ1) is 12.2. The molecule has 8 heteroatoms. The zero-order valence-electron chi connectivity index (χ0n) is 13.1. The molecule has 3 heterocycles. The maximum absolute atomic E-state index is 13.3. The number of fused-ring (bicyclic) bond motifs is 3. The van der Waals surface area contributed by atoms with Crippen molar-refractivity contribution in [3.63, 3.8) is 0 Å². The van der Waals surface area contributed by atoms with Crippen LogP contribution in [-0.4, -0.2) is 32.4 Å². The van der Waals surface area contributed by atoms with Crippen LogP contribution in [0, 0.1) is 5.95 Å². The van der Waals surface area contributed by atoms with Gasteiger partial charge >= 0.3 is 0 Å². The minimum absolute atomic E-state index is 0.0549. The first-order valence-corrected chi connectivity index (χ1v) is 7.40. The van der Waals surface area contributed by atoms with Crippen LogP contribution in [0.2, 0.25) is 0 Å². The number of imidazole rings is 1. The first-order valence-electron chi connectivity index (χ1n) is 7.40. The Balaban J connectivity index is 1.67. The van der Waals surface area contributed by atoms with E-state index in [4.69, 9.17) is 4.74 Å². The molecule has 7 nitrogen and oxygen atoms in total. The number of pyridine rings is 1. The molecule has 0 atom stereocenters. The van der Waals surface area contributed by atoms with Gasteiger partial charge in [0.15, 0.2) is 5.75 Å². The van der Waals surface area contributed by atoms with E-state index in [1.807, 2.05) is 24.3 Å². The van der Waals surface area contributed by atoms with Crippen molar-refractivity contribution in [2.45, 2.75) is 0 Å². The van der Waals surface area contributed by atoms with Crippen LogP contribution in [0.15, 0.2) is 48.8 Å². The Kier molecular flexibility index (Phi) is 3.50. The third-order valence-electron chi connectivity index (χ3n) is 3.70. The number of aromatic nitrogens is 4. The van der Waals surface area contributed by atoms with E-state index in [2.05, 4.69) is 20.3 Å². The first kappa shape index (κ1) is 15.0. The minimum atomic E-state index is -0.746. The summed E-state index contributed by atoms with van der Waals surface area (Å²) in [5, 5.41) is 2.61. The highest BCUT2D eigenvalue weighted by atomic mass is 19.1. The molecule has 0 saturated carbocycles. The summed E-state index contributed by atoms with van der Waals surface area (Å²) in [6.07, 6.45) is 2.94. The summed E-state index contributed by atoms with van der Waals surface area (Å²) in [5.41, 5.74) is 2.19. The number of amides is 1. The van der Waals surface area contributed by atoms with Gasteiger partial charge in [0.1, 0.15) is 5.69 Å². The van der Waals surface area contributed by atoms with E-state index in [0.717, 1.165) is 11.0 Å². The number of carbonyl (C=O) groups excluding carboxylic acids is 1. The fraction of sp³-hybridized carbons (Fsp3) is 0.0588. The number of nitrogens with one attached hydrogen (secondary N) is 1. The van der Waals surface area contributed by atoms with Gasteiger partial charge in [0.2, 0.25) is 5.78 Å². The van der Waals surface area contributed by atoms with Gasteiger partial charge in [-0.1, -0.05) is 12.1 Å². The van der Waals surface area contributed by atoms with Crippen molar-refractivity contribution in [1.82, 2.24) is 19.4 Å². The van der Waals surface area contributed by atoms with Crippen LogP contribution in [-0.2, 0) is 0 Å². The predicted octanol–water partition coefficient (Wildman–Crippen LogP) is 2.68. The molecule has 3 aromatic heterocycles. The molecular weight excluding hydrogens is 325 g/mol. The highest BCUT2D eigenvalue weighted by Gasteiger charge is 2.13. The predicted molar refractivity (Wildman–Crippen MR) is 89.2 cm³/mol. The molecule has 0 aliphatic heterocycles. The molecule has 4 aromatic rings. The van der Waals surface area contributed by atoms with Crippen molar-refractivity contribution in [1.29, 1.82) is 0 Å². The molecule has 1 amide bonds. The molecule has 0 aliphatic rings. The third kappa shape index (κ3) is 2.63. The van der Waals surface area contributed by atoms with Crippen molar-refractivity contribution < 1.29 is 13.9 Å². The topological polar surface area (TPSA) is 81.4 Å². The third-order valence-corrected chi connectivity index (χ3v) is 3.70. The fourth-order valence-corrected chi connectivity index (χ4v) is 2.51. The largest absolute Gasteiger partial charge is 0.492 e. The Labute approximate surface area is 141 Å². The molecule has 0 unspecified atom stereocenters. The van der Waals surface area contributed by atoms with Gasteiger partial charge in [-0.15, -0.1) is 0 Å². The lowest BCUT2D eigenvalue weighted by Gasteiger charge is -2.07. The Morgan fingerprint density at radius 1 is 1.24 bits per heavy atom. The van der Waals surface area contributed by atoms with Gasteiger partial charge in [0, 0.05) is 12.3 Å². The number of rotatable bonds is 3. The van der Waals surface area contributed by atoms with Crippen molar-refractivity contribution in [2.24, 2.45) is 0 Å². The zero-order valence-corrected chi connectivity index (χ0v) is 13.1. The number of benzene rings is 1. The molecule has 4 rings (SSSR count). The highest BCUT2D eigenvalue weighted by Crippen LogP contribution is 2.20. The van der Waals surface area contributed by atoms with Crippen molar-refractivity contribution in [3.05, 3.63) is 60.4 Å². The standard InChI is InChI=1S/C17H12FN5O2/c1-25-14-8-10(9-19-15(14)18)20-16(24)12-6-7-23-13-5-3-2-4-11(13)21-17(23)22-12/h2-9H,1H3,(H,20,24). The Morgan fingerprint density at radius 2 is 2.08 bits per heavy atom. The normalized spacial score (nSPS) is 11.0. The lowest BCUT2D eigenvalue weighted by Crippen LogP contribution is -2.14. The van der Waals surface area contributed by atoms with Gasteiger partial charge in [-0.05, 0) is 18.2 Å². The Morgan fingerprint density at radius 3 is 2.92 bits per heavy atom. The molecule has 0 spiro atoms. The summed E-state index contributed by atoms with van der Waals surface area (Å²) in [5.74, 6) is -0.835. The molecule has 0 radical (unpaired) electrons.